The van der Waals surface area contributed by atoms with E-state index in [0.29, 0.717) is 19.1 Å². The predicted molar refractivity (Wildman–Crippen MR) is 248 cm³/mol. The maximum atomic E-state index is 14.5. The molecule has 0 spiro atoms. The maximum absolute atomic E-state index is 14.5. The van der Waals surface area contributed by atoms with Gasteiger partial charge < -0.3 is 4.90 Å². The molecule has 0 saturated carbocycles. The topological polar surface area (TPSA) is 39.1 Å². The minimum Gasteiger partial charge on any atom is -0.322 e. The lowest BCUT2D eigenvalue weighted by atomic mass is 9.71. The molecule has 1 saturated heterocycles. The number of hydrogen-bond donors (Lipinski definition) is 0. The maximum Gasteiger partial charge on any atom is 0.326 e. The smallest absolute Gasteiger partial charge is 0.322 e. The fraction of sp³-hybridized carbons (Fsp3) is 0.592. The van der Waals surface area contributed by atoms with Crippen molar-refractivity contribution in [1.29, 1.82) is 0 Å². The average molecular weight is 751 g/mol. The van der Waals surface area contributed by atoms with Crippen LogP contribution in [0.5, 0.6) is 0 Å². The second-order valence-electron chi connectivity index (χ2n) is 10.4. The summed E-state index contributed by atoms with van der Waals surface area (Å²) in [6, 6.07) is 31.4. The van der Waals surface area contributed by atoms with Crippen LogP contribution < -0.4 is 0 Å². The van der Waals surface area contributed by atoms with E-state index in [9.17, 15) is 4.79 Å². The van der Waals surface area contributed by atoms with E-state index in [1.54, 1.807) is 0 Å². The van der Waals surface area contributed by atoms with Gasteiger partial charge >= 0.3 is 6.03 Å². The van der Waals surface area contributed by atoms with E-state index in [4.69, 9.17) is 4.99 Å². The molecule has 2 aliphatic heterocycles. The lowest BCUT2D eigenvalue weighted by Gasteiger charge is -2.47. The van der Waals surface area contributed by atoms with Crippen LogP contribution >= 0.6 is 0 Å². The van der Waals surface area contributed by atoms with Gasteiger partial charge in [0.1, 0.15) is 16.9 Å². The number of piperazine rings is 1. The molecule has 0 bridgehead atoms. The van der Waals surface area contributed by atoms with Gasteiger partial charge in [0.15, 0.2) is 0 Å². The number of carbonyl (C=O) groups is 1. The second-order valence-corrected chi connectivity index (χ2v) is 10.4. The van der Waals surface area contributed by atoms with Crippen LogP contribution in [0.3, 0.4) is 0 Å². The Balaban J connectivity index is -0.000000391. The number of urea groups is 1. The van der Waals surface area contributed by atoms with Gasteiger partial charge in [-0.2, -0.15) is 0 Å². The molecule has 3 aromatic carbocycles. The summed E-state index contributed by atoms with van der Waals surface area (Å²) in [5, 5.41) is 0. The zero-order chi connectivity index (χ0) is 43.3. The normalized spacial score (nSPS) is 17.5. The van der Waals surface area contributed by atoms with Crippen molar-refractivity contribution < 1.29 is 4.79 Å². The Hall–Kier alpha value is -3.44. The zero-order valence-corrected chi connectivity index (χ0v) is 39.8. The van der Waals surface area contributed by atoms with Crippen molar-refractivity contribution in [2.45, 2.75) is 169 Å². The van der Waals surface area contributed by atoms with Crippen LogP contribution in [0.2, 0.25) is 0 Å². The minimum atomic E-state index is -0.729. The van der Waals surface area contributed by atoms with Gasteiger partial charge in [-0.3, -0.25) is 14.8 Å². The highest BCUT2D eigenvalue weighted by atomic mass is 16.2. The Morgan fingerprint density at radius 2 is 0.852 bits per heavy atom. The second kappa shape index (κ2) is 37.9. The molecule has 0 radical (unpaired) electrons. The van der Waals surface area contributed by atoms with Crippen molar-refractivity contribution in [2.75, 3.05) is 26.2 Å². The number of amides is 2. The highest BCUT2D eigenvalue weighted by Crippen LogP contribution is 2.53. The molecule has 0 aliphatic carbocycles. The van der Waals surface area contributed by atoms with Crippen molar-refractivity contribution in [3.8, 4) is 0 Å². The summed E-state index contributed by atoms with van der Waals surface area (Å²) in [6.07, 6.45) is 0. The first-order valence-electron chi connectivity index (χ1n) is 22.0. The SMILES string of the molecule is CC.CC.CC.CC.CC.CC.CC.CC.CC.CC(C)N1CCN(C(=O)N2C(c3ccccc3)=N[C@@](C)(c3ccccc3)[C@@]2(C)c2ccccc2)CC1. The Morgan fingerprint density at radius 1 is 0.519 bits per heavy atom. The monoisotopic (exact) mass is 751 g/mol. The Labute approximate surface area is 338 Å². The number of carbonyl (C=O) groups excluding carboxylic acids is 1. The van der Waals surface area contributed by atoms with Crippen molar-refractivity contribution in [1.82, 2.24) is 14.7 Å². The van der Waals surface area contributed by atoms with Gasteiger partial charge in [0.25, 0.3) is 0 Å². The fourth-order valence-corrected chi connectivity index (χ4v) is 5.72. The number of rotatable bonds is 4. The highest BCUT2D eigenvalue weighted by molar-refractivity contribution is 6.10. The molecule has 2 amide bonds. The molecule has 5 rings (SSSR count). The number of benzene rings is 3. The van der Waals surface area contributed by atoms with Crippen molar-refractivity contribution in [2.24, 2.45) is 4.99 Å². The summed E-state index contributed by atoms with van der Waals surface area (Å²) in [5.41, 5.74) is 1.70. The standard InChI is InChI=1S/C31H36N4O.9C2H6/c1-24(2)33-20-22-34(23-21-33)29(36)35-28(25-14-8-5-9-15-25)32-30(3,26-16-10-6-11-17-26)31(35,4)27-18-12-7-13-19-27;9*1-2/h5-19,24H,20-23H2,1-4H3;9*1-2H3/t30-,31+;;;;;;;;;/m0........./s1. The zero-order valence-electron chi connectivity index (χ0n) is 39.8. The summed E-state index contributed by atoms with van der Waals surface area (Å²) >= 11 is 0. The average Bonchev–Trinajstić information content (AvgIpc) is 3.55. The van der Waals surface area contributed by atoms with Crippen LogP contribution in [0.15, 0.2) is 96.0 Å². The quantitative estimate of drug-likeness (QED) is 0.266. The van der Waals surface area contributed by atoms with Crippen molar-refractivity contribution in [3.63, 3.8) is 0 Å². The van der Waals surface area contributed by atoms with E-state index in [2.05, 4.69) is 93.3 Å². The van der Waals surface area contributed by atoms with E-state index < -0.39 is 11.1 Å². The number of hydrogen-bond acceptors (Lipinski definition) is 3. The van der Waals surface area contributed by atoms with Gasteiger partial charge in [-0.1, -0.05) is 216 Å². The van der Waals surface area contributed by atoms with E-state index in [1.807, 2.05) is 165 Å². The first-order valence-corrected chi connectivity index (χ1v) is 22.0. The third kappa shape index (κ3) is 16.1. The van der Waals surface area contributed by atoms with Gasteiger partial charge in [0.2, 0.25) is 0 Å². The molecule has 312 valence electrons. The summed E-state index contributed by atoms with van der Waals surface area (Å²) in [6.45, 7) is 48.0. The molecular formula is C49H90N4O. The predicted octanol–water partition coefficient (Wildman–Crippen LogP) is 15.0. The fourth-order valence-electron chi connectivity index (χ4n) is 5.72. The van der Waals surface area contributed by atoms with Crippen LogP contribution in [0, 0.1) is 0 Å². The van der Waals surface area contributed by atoms with Crippen molar-refractivity contribution in [3.05, 3.63) is 108 Å². The van der Waals surface area contributed by atoms with Crippen LogP contribution in [-0.2, 0) is 11.1 Å². The Morgan fingerprint density at radius 3 is 1.20 bits per heavy atom. The van der Waals surface area contributed by atoms with Crippen LogP contribution in [0.25, 0.3) is 0 Å². The number of aliphatic imine (C=N–C) groups is 1. The van der Waals surface area contributed by atoms with E-state index in [0.717, 1.165) is 35.6 Å². The molecule has 1 fully saturated rings. The van der Waals surface area contributed by atoms with Gasteiger partial charge in [-0.05, 0) is 38.8 Å². The summed E-state index contributed by atoms with van der Waals surface area (Å²) < 4.78 is 0. The van der Waals surface area contributed by atoms with Crippen LogP contribution in [-0.4, -0.2) is 58.8 Å². The van der Waals surface area contributed by atoms with Gasteiger partial charge in [-0.15, -0.1) is 0 Å². The molecule has 2 heterocycles. The van der Waals surface area contributed by atoms with Gasteiger partial charge in [0, 0.05) is 37.8 Å². The summed E-state index contributed by atoms with van der Waals surface area (Å²) in [7, 11) is 0. The molecule has 3 aromatic rings. The molecule has 0 aromatic heterocycles. The number of nitrogens with zero attached hydrogens (tertiary/aromatic N) is 4. The molecule has 2 aliphatic rings. The highest BCUT2D eigenvalue weighted by Gasteiger charge is 2.59. The third-order valence-corrected chi connectivity index (χ3v) is 8.15. The Bertz CT molecular complexity index is 1220. The largest absolute Gasteiger partial charge is 0.326 e. The van der Waals surface area contributed by atoms with Crippen molar-refractivity contribution >= 4 is 11.9 Å². The molecule has 2 atom stereocenters. The summed E-state index contributed by atoms with van der Waals surface area (Å²) in [4.78, 5) is 26.4. The van der Waals surface area contributed by atoms with E-state index >= 15 is 0 Å². The molecular weight excluding hydrogens is 661 g/mol. The molecule has 5 heteroatoms. The van der Waals surface area contributed by atoms with Crippen LogP contribution in [0.4, 0.5) is 4.79 Å². The molecule has 0 N–H and O–H groups in total. The minimum absolute atomic E-state index is 0.0204. The number of amidine groups is 1. The van der Waals surface area contributed by atoms with Gasteiger partial charge in [0.05, 0.1) is 0 Å². The summed E-state index contributed by atoms with van der Waals surface area (Å²) in [5.74, 6) is 0.726. The first-order chi connectivity index (χ1) is 26.4. The molecule has 5 nitrogen and oxygen atoms in total. The van der Waals surface area contributed by atoms with E-state index in [-0.39, 0.29) is 6.03 Å². The van der Waals surface area contributed by atoms with Gasteiger partial charge in [-0.25, -0.2) is 4.79 Å². The molecule has 0 unspecified atom stereocenters. The lowest BCUT2D eigenvalue weighted by Crippen LogP contribution is -2.61. The Kier molecular flexibility index (Phi) is 41.9. The third-order valence-electron chi connectivity index (χ3n) is 8.15. The first kappa shape index (κ1) is 59.8. The molecule has 54 heavy (non-hydrogen) atoms. The van der Waals surface area contributed by atoms with E-state index in [1.165, 1.54) is 0 Å². The van der Waals surface area contributed by atoms with Crippen LogP contribution in [0.1, 0.15) is 169 Å². The lowest BCUT2D eigenvalue weighted by molar-refractivity contribution is 0.0791.